The summed E-state index contributed by atoms with van der Waals surface area (Å²) in [5.74, 6) is 0.182. The number of halogens is 2. The second-order valence-electron chi connectivity index (χ2n) is 3.07. The normalized spacial score (nSPS) is 10.2. The maximum Gasteiger partial charge on any atom is 0.133 e. The minimum absolute atomic E-state index is 0.302. The topological polar surface area (TPSA) is 35.0 Å². The number of benzene rings is 1. The van der Waals surface area contributed by atoms with Crippen LogP contribution in [-0.4, -0.2) is 17.1 Å². The highest BCUT2D eigenvalue weighted by Crippen LogP contribution is 2.29. The fourth-order valence-corrected chi connectivity index (χ4v) is 1.51. The standard InChI is InChI=1S/C11H8ClFN2O/c1-16-10-3-2-7(13)4-8(10)9-5-11(12)15-6-14-9/h2-6H,1H3. The molecule has 0 saturated carbocycles. The van der Waals surface area contributed by atoms with Gasteiger partial charge in [-0.15, -0.1) is 0 Å². The van der Waals surface area contributed by atoms with Crippen molar-refractivity contribution in [1.29, 1.82) is 0 Å². The van der Waals surface area contributed by atoms with Crippen molar-refractivity contribution in [2.45, 2.75) is 0 Å². The third-order valence-corrected chi connectivity index (χ3v) is 2.28. The molecule has 0 radical (unpaired) electrons. The van der Waals surface area contributed by atoms with Gasteiger partial charge < -0.3 is 4.74 Å². The molecular formula is C11H8ClFN2O. The molecule has 0 aliphatic heterocycles. The Balaban J connectivity index is 2.58. The van der Waals surface area contributed by atoms with Crippen LogP contribution in [0, 0.1) is 5.82 Å². The van der Waals surface area contributed by atoms with Gasteiger partial charge in [-0.2, -0.15) is 0 Å². The molecule has 16 heavy (non-hydrogen) atoms. The van der Waals surface area contributed by atoms with Crippen LogP contribution in [0.4, 0.5) is 4.39 Å². The molecule has 5 heteroatoms. The molecule has 1 aromatic carbocycles. The summed E-state index contributed by atoms with van der Waals surface area (Å²) in [7, 11) is 1.51. The lowest BCUT2D eigenvalue weighted by Gasteiger charge is -2.07. The van der Waals surface area contributed by atoms with Gasteiger partial charge >= 0.3 is 0 Å². The van der Waals surface area contributed by atoms with Crippen LogP contribution in [0.1, 0.15) is 0 Å². The van der Waals surface area contributed by atoms with Crippen molar-refractivity contribution in [2.24, 2.45) is 0 Å². The molecule has 0 aliphatic carbocycles. The number of methoxy groups -OCH3 is 1. The van der Waals surface area contributed by atoms with E-state index in [-0.39, 0.29) is 5.82 Å². The molecule has 1 aromatic heterocycles. The predicted octanol–water partition coefficient (Wildman–Crippen LogP) is 2.94. The van der Waals surface area contributed by atoms with E-state index in [1.54, 1.807) is 12.1 Å². The van der Waals surface area contributed by atoms with E-state index in [4.69, 9.17) is 16.3 Å². The van der Waals surface area contributed by atoms with Crippen molar-refractivity contribution in [2.75, 3.05) is 7.11 Å². The van der Waals surface area contributed by atoms with Crippen molar-refractivity contribution in [3.05, 3.63) is 41.6 Å². The Kier molecular flexibility index (Phi) is 3.01. The Morgan fingerprint density at radius 3 is 2.75 bits per heavy atom. The summed E-state index contributed by atoms with van der Waals surface area (Å²) in [6.45, 7) is 0. The van der Waals surface area contributed by atoms with Gasteiger partial charge in [0.25, 0.3) is 0 Å². The van der Waals surface area contributed by atoms with Crippen molar-refractivity contribution in [1.82, 2.24) is 9.97 Å². The van der Waals surface area contributed by atoms with E-state index in [0.29, 0.717) is 22.2 Å². The molecule has 0 bridgehead atoms. The van der Waals surface area contributed by atoms with Gasteiger partial charge in [-0.05, 0) is 18.2 Å². The van der Waals surface area contributed by atoms with Crippen LogP contribution in [0.15, 0.2) is 30.6 Å². The largest absolute Gasteiger partial charge is 0.496 e. The third kappa shape index (κ3) is 2.12. The summed E-state index contributed by atoms with van der Waals surface area (Å²) in [5, 5.41) is 0.302. The third-order valence-electron chi connectivity index (χ3n) is 2.07. The van der Waals surface area contributed by atoms with Crippen LogP contribution in [0.25, 0.3) is 11.3 Å². The van der Waals surface area contributed by atoms with E-state index in [9.17, 15) is 4.39 Å². The van der Waals surface area contributed by atoms with Gasteiger partial charge in [-0.1, -0.05) is 11.6 Å². The number of nitrogens with zero attached hydrogens (tertiary/aromatic N) is 2. The summed E-state index contributed by atoms with van der Waals surface area (Å²) >= 11 is 5.74. The van der Waals surface area contributed by atoms with E-state index in [0.717, 1.165) is 0 Å². The van der Waals surface area contributed by atoms with Crippen LogP contribution < -0.4 is 4.74 Å². The molecule has 0 atom stereocenters. The van der Waals surface area contributed by atoms with Gasteiger partial charge in [-0.25, -0.2) is 14.4 Å². The Hall–Kier alpha value is -1.68. The minimum Gasteiger partial charge on any atom is -0.496 e. The molecule has 1 heterocycles. The number of rotatable bonds is 2. The maximum absolute atomic E-state index is 13.1. The average molecular weight is 239 g/mol. The predicted molar refractivity (Wildman–Crippen MR) is 59.0 cm³/mol. The zero-order valence-corrected chi connectivity index (χ0v) is 9.20. The smallest absolute Gasteiger partial charge is 0.133 e. The van der Waals surface area contributed by atoms with Crippen molar-refractivity contribution >= 4 is 11.6 Å². The molecule has 2 aromatic rings. The molecule has 2 rings (SSSR count). The highest BCUT2D eigenvalue weighted by Gasteiger charge is 2.09. The van der Waals surface area contributed by atoms with Crippen molar-refractivity contribution in [3.63, 3.8) is 0 Å². The van der Waals surface area contributed by atoms with E-state index in [2.05, 4.69) is 9.97 Å². The molecule has 0 spiro atoms. The lowest BCUT2D eigenvalue weighted by molar-refractivity contribution is 0.415. The Morgan fingerprint density at radius 1 is 1.25 bits per heavy atom. The first-order valence-electron chi connectivity index (χ1n) is 4.52. The monoisotopic (exact) mass is 238 g/mol. The molecule has 0 amide bonds. The fraction of sp³-hybridized carbons (Fsp3) is 0.0909. The first-order chi connectivity index (χ1) is 7.70. The SMILES string of the molecule is COc1ccc(F)cc1-c1cc(Cl)ncn1. The molecule has 0 N–H and O–H groups in total. The summed E-state index contributed by atoms with van der Waals surface area (Å²) in [5.41, 5.74) is 1.07. The Bertz CT molecular complexity index is 519. The van der Waals surface area contributed by atoms with E-state index >= 15 is 0 Å². The lowest BCUT2D eigenvalue weighted by Crippen LogP contribution is -1.92. The zero-order valence-electron chi connectivity index (χ0n) is 8.45. The number of aromatic nitrogens is 2. The van der Waals surface area contributed by atoms with Crippen LogP contribution in [-0.2, 0) is 0 Å². The second-order valence-corrected chi connectivity index (χ2v) is 3.46. The summed E-state index contributed by atoms with van der Waals surface area (Å²) < 4.78 is 18.3. The lowest BCUT2D eigenvalue weighted by atomic mass is 10.1. The molecule has 0 fully saturated rings. The zero-order chi connectivity index (χ0) is 11.5. The Labute approximate surface area is 96.9 Å². The molecule has 0 saturated heterocycles. The first-order valence-corrected chi connectivity index (χ1v) is 4.90. The molecule has 0 aliphatic rings. The highest BCUT2D eigenvalue weighted by atomic mass is 35.5. The second kappa shape index (κ2) is 4.45. The van der Waals surface area contributed by atoms with Crippen LogP contribution >= 0.6 is 11.6 Å². The van der Waals surface area contributed by atoms with Gasteiger partial charge in [-0.3, -0.25) is 0 Å². The molecule has 3 nitrogen and oxygen atoms in total. The summed E-state index contributed by atoms with van der Waals surface area (Å²) in [6.07, 6.45) is 1.32. The van der Waals surface area contributed by atoms with Crippen molar-refractivity contribution in [3.8, 4) is 17.0 Å². The summed E-state index contributed by atoms with van der Waals surface area (Å²) in [4.78, 5) is 7.78. The quantitative estimate of drug-likeness (QED) is 0.755. The average Bonchev–Trinajstić information content (AvgIpc) is 2.29. The van der Waals surface area contributed by atoms with Crippen LogP contribution in [0.2, 0.25) is 5.15 Å². The van der Waals surface area contributed by atoms with Gasteiger partial charge in [0, 0.05) is 11.6 Å². The number of hydrogen-bond acceptors (Lipinski definition) is 3. The molecule has 0 unspecified atom stereocenters. The molecular weight excluding hydrogens is 231 g/mol. The minimum atomic E-state index is -0.356. The Morgan fingerprint density at radius 2 is 2.06 bits per heavy atom. The van der Waals surface area contributed by atoms with Gasteiger partial charge in [0.05, 0.1) is 12.8 Å². The molecule has 82 valence electrons. The fourth-order valence-electron chi connectivity index (χ4n) is 1.36. The van der Waals surface area contributed by atoms with Crippen LogP contribution in [0.3, 0.4) is 0 Å². The van der Waals surface area contributed by atoms with Gasteiger partial charge in [0.2, 0.25) is 0 Å². The van der Waals surface area contributed by atoms with E-state index in [1.165, 1.54) is 25.6 Å². The van der Waals surface area contributed by atoms with Gasteiger partial charge in [0.1, 0.15) is 23.0 Å². The number of ether oxygens (including phenoxy) is 1. The van der Waals surface area contributed by atoms with E-state index < -0.39 is 0 Å². The van der Waals surface area contributed by atoms with E-state index in [1.807, 2.05) is 0 Å². The first kappa shape index (κ1) is 10.8. The van der Waals surface area contributed by atoms with Crippen LogP contribution in [0.5, 0.6) is 5.75 Å². The number of hydrogen-bond donors (Lipinski definition) is 0. The summed E-state index contributed by atoms with van der Waals surface area (Å²) in [6, 6.07) is 5.77. The maximum atomic E-state index is 13.1. The highest BCUT2D eigenvalue weighted by molar-refractivity contribution is 6.29. The van der Waals surface area contributed by atoms with Crippen molar-refractivity contribution < 1.29 is 9.13 Å². The van der Waals surface area contributed by atoms with Gasteiger partial charge in [0.15, 0.2) is 0 Å².